The van der Waals surface area contributed by atoms with Crippen molar-refractivity contribution in [3.8, 4) is 0 Å². The Morgan fingerprint density at radius 3 is 2.54 bits per heavy atom. The summed E-state index contributed by atoms with van der Waals surface area (Å²) in [6.07, 6.45) is 2.34. The Hall–Kier alpha value is -0.700. The van der Waals surface area contributed by atoms with Gasteiger partial charge in [-0.25, -0.2) is 4.39 Å². The van der Waals surface area contributed by atoms with E-state index in [1.165, 1.54) is 18.9 Å². The zero-order valence-electron chi connectivity index (χ0n) is 7.33. The summed E-state index contributed by atoms with van der Waals surface area (Å²) in [7, 11) is 0. The van der Waals surface area contributed by atoms with Crippen LogP contribution in [0.1, 0.15) is 12.8 Å². The van der Waals surface area contributed by atoms with Gasteiger partial charge in [-0.15, -0.1) is 12.6 Å². The molecule has 2 rings (SSSR count). The molecule has 0 radical (unpaired) electrons. The van der Waals surface area contributed by atoms with Gasteiger partial charge < -0.3 is 4.90 Å². The molecule has 0 amide bonds. The zero-order chi connectivity index (χ0) is 9.26. The van der Waals surface area contributed by atoms with E-state index in [1.54, 1.807) is 0 Å². The molecule has 1 aromatic carbocycles. The molecule has 1 saturated heterocycles. The molecule has 3 heteroatoms. The maximum atomic E-state index is 13.4. The molecule has 0 saturated carbocycles. The van der Waals surface area contributed by atoms with Crippen molar-refractivity contribution in [3.05, 3.63) is 24.0 Å². The minimum absolute atomic E-state index is 0.158. The fourth-order valence-corrected chi connectivity index (χ4v) is 1.90. The van der Waals surface area contributed by atoms with Gasteiger partial charge in [0.25, 0.3) is 0 Å². The van der Waals surface area contributed by atoms with Crippen LogP contribution in [0.15, 0.2) is 23.1 Å². The zero-order valence-corrected chi connectivity index (χ0v) is 8.23. The summed E-state index contributed by atoms with van der Waals surface area (Å²) in [5.74, 6) is -0.158. The van der Waals surface area contributed by atoms with E-state index in [2.05, 4.69) is 17.5 Å². The average molecular weight is 197 g/mol. The molecule has 1 fully saturated rings. The molecule has 0 aliphatic carbocycles. The van der Waals surface area contributed by atoms with Crippen molar-refractivity contribution >= 4 is 18.3 Å². The highest BCUT2D eigenvalue weighted by Gasteiger charge is 2.15. The maximum Gasteiger partial charge on any atom is 0.147 e. The summed E-state index contributed by atoms with van der Waals surface area (Å²) < 4.78 is 13.4. The third-order valence-electron chi connectivity index (χ3n) is 2.38. The number of benzene rings is 1. The lowest BCUT2D eigenvalue weighted by Crippen LogP contribution is -2.18. The summed E-state index contributed by atoms with van der Waals surface area (Å²) in [4.78, 5) is 2.77. The first-order valence-corrected chi connectivity index (χ1v) is 4.95. The third kappa shape index (κ3) is 1.80. The number of hydrogen-bond donors (Lipinski definition) is 1. The highest BCUT2D eigenvalue weighted by Crippen LogP contribution is 2.25. The normalized spacial score (nSPS) is 16.6. The summed E-state index contributed by atoms with van der Waals surface area (Å²) in [6, 6.07) is 5.11. The molecule has 70 valence electrons. The molecule has 0 unspecified atom stereocenters. The highest BCUT2D eigenvalue weighted by atomic mass is 32.1. The van der Waals surface area contributed by atoms with E-state index in [-0.39, 0.29) is 5.82 Å². The molecule has 1 aromatic rings. The molecule has 1 aliphatic heterocycles. The van der Waals surface area contributed by atoms with Gasteiger partial charge in [0.15, 0.2) is 0 Å². The van der Waals surface area contributed by atoms with Crippen molar-refractivity contribution in [2.24, 2.45) is 0 Å². The molecular weight excluding hydrogens is 185 g/mol. The Balaban J connectivity index is 2.29. The van der Waals surface area contributed by atoms with Crippen LogP contribution in [0.25, 0.3) is 0 Å². The van der Waals surface area contributed by atoms with Crippen molar-refractivity contribution in [2.75, 3.05) is 18.0 Å². The second-order valence-corrected chi connectivity index (χ2v) is 3.85. The van der Waals surface area contributed by atoms with E-state index >= 15 is 0 Å². The SMILES string of the molecule is Fc1cc(S)ccc1N1CCCC1. The van der Waals surface area contributed by atoms with Crippen molar-refractivity contribution < 1.29 is 4.39 Å². The second kappa shape index (κ2) is 3.58. The molecule has 0 N–H and O–H groups in total. The quantitative estimate of drug-likeness (QED) is 0.677. The molecular formula is C10H12FNS. The van der Waals surface area contributed by atoms with Crippen LogP contribution in [-0.4, -0.2) is 13.1 Å². The Kier molecular flexibility index (Phi) is 2.44. The van der Waals surface area contributed by atoms with Gasteiger partial charge in [-0.3, -0.25) is 0 Å². The lowest BCUT2D eigenvalue weighted by atomic mass is 10.3. The molecule has 0 atom stereocenters. The third-order valence-corrected chi connectivity index (χ3v) is 2.66. The first-order valence-electron chi connectivity index (χ1n) is 4.51. The number of nitrogens with zero attached hydrogens (tertiary/aromatic N) is 1. The summed E-state index contributed by atoms with van der Waals surface area (Å²) in [6.45, 7) is 1.95. The van der Waals surface area contributed by atoms with Crippen molar-refractivity contribution in [2.45, 2.75) is 17.7 Å². The Morgan fingerprint density at radius 1 is 1.23 bits per heavy atom. The van der Waals surface area contributed by atoms with Gasteiger partial charge in [-0.2, -0.15) is 0 Å². The Bertz CT molecular complexity index is 308. The van der Waals surface area contributed by atoms with Gasteiger partial charge >= 0.3 is 0 Å². The monoisotopic (exact) mass is 197 g/mol. The lowest BCUT2D eigenvalue weighted by Gasteiger charge is -2.18. The van der Waals surface area contributed by atoms with E-state index in [1.807, 2.05) is 12.1 Å². The van der Waals surface area contributed by atoms with Gasteiger partial charge in [0.1, 0.15) is 5.82 Å². The van der Waals surface area contributed by atoms with E-state index in [4.69, 9.17) is 0 Å². The van der Waals surface area contributed by atoms with E-state index in [9.17, 15) is 4.39 Å². The predicted octanol–water partition coefficient (Wildman–Crippen LogP) is 2.71. The number of hydrogen-bond acceptors (Lipinski definition) is 2. The summed E-state index contributed by atoms with van der Waals surface area (Å²) in [5.41, 5.74) is 0.718. The summed E-state index contributed by atoms with van der Waals surface area (Å²) in [5, 5.41) is 0. The largest absolute Gasteiger partial charge is 0.369 e. The van der Waals surface area contributed by atoms with Gasteiger partial charge in [0.05, 0.1) is 5.69 Å². The van der Waals surface area contributed by atoms with E-state index in [0.29, 0.717) is 4.90 Å². The Morgan fingerprint density at radius 2 is 1.92 bits per heavy atom. The topological polar surface area (TPSA) is 3.24 Å². The van der Waals surface area contributed by atoms with Crippen LogP contribution in [0.4, 0.5) is 10.1 Å². The van der Waals surface area contributed by atoms with E-state index in [0.717, 1.165) is 18.8 Å². The second-order valence-electron chi connectivity index (χ2n) is 3.33. The van der Waals surface area contributed by atoms with Gasteiger partial charge in [0, 0.05) is 18.0 Å². The number of anilines is 1. The lowest BCUT2D eigenvalue weighted by molar-refractivity contribution is 0.619. The molecule has 0 spiro atoms. The average Bonchev–Trinajstić information content (AvgIpc) is 2.56. The van der Waals surface area contributed by atoms with Crippen LogP contribution in [0.2, 0.25) is 0 Å². The number of rotatable bonds is 1. The molecule has 13 heavy (non-hydrogen) atoms. The maximum absolute atomic E-state index is 13.4. The molecule has 1 heterocycles. The smallest absolute Gasteiger partial charge is 0.147 e. The fraction of sp³-hybridized carbons (Fsp3) is 0.400. The highest BCUT2D eigenvalue weighted by molar-refractivity contribution is 7.80. The van der Waals surface area contributed by atoms with Crippen molar-refractivity contribution in [3.63, 3.8) is 0 Å². The number of halogens is 1. The van der Waals surface area contributed by atoms with Gasteiger partial charge in [0.2, 0.25) is 0 Å². The van der Waals surface area contributed by atoms with Gasteiger partial charge in [-0.05, 0) is 31.0 Å². The Labute approximate surface area is 83.0 Å². The number of thiol groups is 1. The van der Waals surface area contributed by atoms with E-state index < -0.39 is 0 Å². The van der Waals surface area contributed by atoms with Crippen molar-refractivity contribution in [1.82, 2.24) is 0 Å². The standard InChI is InChI=1S/C10H12FNS/c11-9-7-8(13)3-4-10(9)12-5-1-2-6-12/h3-4,7,13H,1-2,5-6H2. The predicted molar refractivity (Wildman–Crippen MR) is 55.1 cm³/mol. The van der Waals surface area contributed by atoms with Crippen LogP contribution in [0, 0.1) is 5.82 Å². The molecule has 1 nitrogen and oxygen atoms in total. The van der Waals surface area contributed by atoms with Crippen molar-refractivity contribution in [1.29, 1.82) is 0 Å². The van der Waals surface area contributed by atoms with Crippen LogP contribution >= 0.6 is 12.6 Å². The minimum Gasteiger partial charge on any atom is -0.369 e. The minimum atomic E-state index is -0.158. The van der Waals surface area contributed by atoms with Gasteiger partial charge in [-0.1, -0.05) is 0 Å². The molecule has 0 bridgehead atoms. The first-order chi connectivity index (χ1) is 6.27. The van der Waals surface area contributed by atoms with Crippen LogP contribution < -0.4 is 4.90 Å². The molecule has 1 aliphatic rings. The van der Waals surface area contributed by atoms with Crippen LogP contribution in [0.3, 0.4) is 0 Å². The van der Waals surface area contributed by atoms with Crippen LogP contribution in [-0.2, 0) is 0 Å². The van der Waals surface area contributed by atoms with Crippen LogP contribution in [0.5, 0.6) is 0 Å². The summed E-state index contributed by atoms with van der Waals surface area (Å²) >= 11 is 4.09. The first kappa shape index (κ1) is 8.88. The fourth-order valence-electron chi connectivity index (χ4n) is 1.71. The molecule has 0 aromatic heterocycles.